The lowest BCUT2D eigenvalue weighted by Gasteiger charge is -2.26. The maximum absolute atomic E-state index is 11.4. The van der Waals surface area contributed by atoms with Gasteiger partial charge in [-0.15, -0.1) is 0 Å². The molecule has 0 amide bonds. The summed E-state index contributed by atoms with van der Waals surface area (Å²) >= 11 is 0. The summed E-state index contributed by atoms with van der Waals surface area (Å²) in [6.45, 7) is 2.23. The van der Waals surface area contributed by atoms with Gasteiger partial charge in [0.25, 0.3) is 0 Å². The van der Waals surface area contributed by atoms with E-state index in [9.17, 15) is 13.2 Å². The van der Waals surface area contributed by atoms with E-state index >= 15 is 0 Å². The largest absolute Gasteiger partial charge is 0.480 e. The van der Waals surface area contributed by atoms with E-state index in [1.165, 1.54) is 0 Å². The van der Waals surface area contributed by atoms with E-state index in [1.54, 1.807) is 6.92 Å². The van der Waals surface area contributed by atoms with Crippen LogP contribution in [-0.2, 0) is 14.6 Å². The van der Waals surface area contributed by atoms with Crippen LogP contribution in [0.4, 0.5) is 0 Å². The highest BCUT2D eigenvalue weighted by Gasteiger charge is 2.24. The molecule has 0 saturated heterocycles. The van der Waals surface area contributed by atoms with Crippen molar-refractivity contribution in [1.29, 1.82) is 0 Å². The highest BCUT2D eigenvalue weighted by molar-refractivity contribution is 7.91. The molecule has 0 aromatic rings. The molecular weight excluding hydrogens is 254 g/mol. The molecule has 106 valence electrons. The van der Waals surface area contributed by atoms with Crippen LogP contribution in [0.5, 0.6) is 0 Å². The monoisotopic (exact) mass is 277 g/mol. The Morgan fingerprint density at radius 1 is 1.33 bits per heavy atom. The van der Waals surface area contributed by atoms with E-state index in [1.807, 2.05) is 4.90 Å². The molecular formula is C12H23NO4S. The summed E-state index contributed by atoms with van der Waals surface area (Å²) in [4.78, 5) is 12.8. The first-order valence-corrected chi connectivity index (χ1v) is 8.43. The van der Waals surface area contributed by atoms with Gasteiger partial charge >= 0.3 is 5.97 Å². The summed E-state index contributed by atoms with van der Waals surface area (Å²) in [7, 11) is -2.94. The van der Waals surface area contributed by atoms with Crippen LogP contribution in [0, 0.1) is 0 Å². The Bertz CT molecular complexity index is 360. The second-order valence-electron chi connectivity index (χ2n) is 4.89. The van der Waals surface area contributed by atoms with Gasteiger partial charge in [0.1, 0.15) is 9.84 Å². The molecule has 1 N–H and O–H groups in total. The quantitative estimate of drug-likeness (QED) is 0.720. The summed E-state index contributed by atoms with van der Waals surface area (Å²) in [6.07, 6.45) is 4.89. The zero-order valence-corrected chi connectivity index (χ0v) is 11.8. The number of carbonyl (C=O) groups is 1. The number of sulfone groups is 1. The molecule has 0 spiro atoms. The van der Waals surface area contributed by atoms with Gasteiger partial charge in [0.05, 0.1) is 12.3 Å². The van der Waals surface area contributed by atoms with Crippen molar-refractivity contribution in [2.24, 2.45) is 0 Å². The summed E-state index contributed by atoms with van der Waals surface area (Å²) in [6, 6.07) is 0.324. The molecule has 0 radical (unpaired) electrons. The summed E-state index contributed by atoms with van der Waals surface area (Å²) in [5, 5.41) is 8.89. The Morgan fingerprint density at radius 2 is 1.94 bits per heavy atom. The van der Waals surface area contributed by atoms with E-state index in [0.717, 1.165) is 25.7 Å². The van der Waals surface area contributed by atoms with Crippen molar-refractivity contribution in [3.8, 4) is 0 Å². The zero-order chi connectivity index (χ0) is 13.6. The van der Waals surface area contributed by atoms with Crippen molar-refractivity contribution < 1.29 is 18.3 Å². The lowest BCUT2D eigenvalue weighted by Crippen LogP contribution is -2.38. The summed E-state index contributed by atoms with van der Waals surface area (Å²) < 4.78 is 22.8. The van der Waals surface area contributed by atoms with Gasteiger partial charge in [0.2, 0.25) is 0 Å². The molecule has 1 rings (SSSR count). The van der Waals surface area contributed by atoms with E-state index in [2.05, 4.69) is 0 Å². The highest BCUT2D eigenvalue weighted by Crippen LogP contribution is 2.23. The molecule has 1 fully saturated rings. The van der Waals surface area contributed by atoms with Crippen molar-refractivity contribution in [3.63, 3.8) is 0 Å². The molecule has 0 bridgehead atoms. The predicted molar refractivity (Wildman–Crippen MR) is 70.4 cm³/mol. The lowest BCUT2D eigenvalue weighted by molar-refractivity contribution is -0.138. The molecule has 0 unspecified atom stereocenters. The van der Waals surface area contributed by atoms with E-state index in [-0.39, 0.29) is 18.1 Å². The van der Waals surface area contributed by atoms with Gasteiger partial charge in [0.15, 0.2) is 0 Å². The number of carboxylic acid groups (broad SMARTS) is 1. The normalized spacial score (nSPS) is 17.4. The lowest BCUT2D eigenvalue weighted by atomic mass is 10.2. The molecule has 18 heavy (non-hydrogen) atoms. The maximum atomic E-state index is 11.4. The molecule has 1 aliphatic rings. The minimum absolute atomic E-state index is 0.0246. The number of nitrogens with zero attached hydrogens (tertiary/aromatic N) is 1. The van der Waals surface area contributed by atoms with Gasteiger partial charge in [-0.05, 0) is 25.8 Å². The number of hydrogen-bond acceptors (Lipinski definition) is 4. The van der Waals surface area contributed by atoms with Gasteiger partial charge in [-0.1, -0.05) is 19.8 Å². The summed E-state index contributed by atoms with van der Waals surface area (Å²) in [5.74, 6) is -0.512. The fraction of sp³-hybridized carbons (Fsp3) is 0.917. The van der Waals surface area contributed by atoms with Crippen LogP contribution in [0.25, 0.3) is 0 Å². The molecule has 6 heteroatoms. The first kappa shape index (κ1) is 15.4. The van der Waals surface area contributed by atoms with E-state index < -0.39 is 15.8 Å². The number of carboxylic acids is 1. The van der Waals surface area contributed by atoms with Crippen molar-refractivity contribution in [3.05, 3.63) is 0 Å². The van der Waals surface area contributed by atoms with Gasteiger partial charge in [-0.2, -0.15) is 0 Å². The Kier molecular flexibility index (Phi) is 6.08. The Morgan fingerprint density at radius 3 is 2.44 bits per heavy atom. The van der Waals surface area contributed by atoms with Gasteiger partial charge in [-0.25, -0.2) is 8.42 Å². The average molecular weight is 277 g/mol. The average Bonchev–Trinajstić information content (AvgIpc) is 2.80. The van der Waals surface area contributed by atoms with Crippen LogP contribution in [0.2, 0.25) is 0 Å². The SMILES string of the molecule is CCS(=O)(=O)CCCN(CC(=O)O)C1CCCC1. The molecule has 1 saturated carbocycles. The fourth-order valence-corrected chi connectivity index (χ4v) is 3.32. The third kappa shape index (κ3) is 5.35. The predicted octanol–water partition coefficient (Wildman–Crippen LogP) is 1.14. The smallest absolute Gasteiger partial charge is 0.317 e. The van der Waals surface area contributed by atoms with Crippen LogP contribution >= 0.6 is 0 Å². The van der Waals surface area contributed by atoms with Crippen molar-refractivity contribution in [1.82, 2.24) is 4.90 Å². The number of hydrogen-bond donors (Lipinski definition) is 1. The fourth-order valence-electron chi connectivity index (χ4n) is 2.47. The van der Waals surface area contributed by atoms with Gasteiger partial charge < -0.3 is 5.11 Å². The van der Waals surface area contributed by atoms with Gasteiger partial charge in [-0.3, -0.25) is 9.69 Å². The Labute approximate surface area is 109 Å². The van der Waals surface area contributed by atoms with Crippen molar-refractivity contribution in [2.45, 2.75) is 45.1 Å². The molecule has 0 heterocycles. The van der Waals surface area contributed by atoms with Crippen molar-refractivity contribution in [2.75, 3.05) is 24.6 Å². The third-order valence-electron chi connectivity index (χ3n) is 3.52. The highest BCUT2D eigenvalue weighted by atomic mass is 32.2. The number of rotatable bonds is 8. The molecule has 0 atom stereocenters. The topological polar surface area (TPSA) is 74.7 Å². The standard InChI is InChI=1S/C12H23NO4S/c1-2-18(16,17)9-5-8-13(10-12(14)15)11-6-3-4-7-11/h11H,2-10H2,1H3,(H,14,15). The van der Waals surface area contributed by atoms with Gasteiger partial charge in [0, 0.05) is 11.8 Å². The minimum atomic E-state index is -2.94. The van der Waals surface area contributed by atoms with E-state index in [4.69, 9.17) is 5.11 Å². The molecule has 1 aliphatic carbocycles. The summed E-state index contributed by atoms with van der Waals surface area (Å²) in [5.41, 5.74) is 0. The third-order valence-corrected chi connectivity index (χ3v) is 5.31. The number of aliphatic carboxylic acids is 1. The zero-order valence-electron chi connectivity index (χ0n) is 11.0. The van der Waals surface area contributed by atoms with Crippen LogP contribution < -0.4 is 0 Å². The van der Waals surface area contributed by atoms with Crippen LogP contribution in [0.3, 0.4) is 0 Å². The van der Waals surface area contributed by atoms with Crippen LogP contribution in [0.1, 0.15) is 39.0 Å². The first-order chi connectivity index (χ1) is 8.44. The Hall–Kier alpha value is -0.620. The second kappa shape index (κ2) is 7.09. The maximum Gasteiger partial charge on any atom is 0.317 e. The second-order valence-corrected chi connectivity index (χ2v) is 7.37. The van der Waals surface area contributed by atoms with E-state index in [0.29, 0.717) is 19.0 Å². The van der Waals surface area contributed by atoms with Crippen LogP contribution in [-0.4, -0.2) is 55.0 Å². The molecule has 0 aromatic heterocycles. The van der Waals surface area contributed by atoms with Crippen LogP contribution in [0.15, 0.2) is 0 Å². The first-order valence-electron chi connectivity index (χ1n) is 6.61. The molecule has 0 aromatic carbocycles. The molecule has 0 aliphatic heterocycles. The minimum Gasteiger partial charge on any atom is -0.480 e. The Balaban J connectivity index is 2.43. The molecule has 5 nitrogen and oxygen atoms in total. The van der Waals surface area contributed by atoms with Crippen molar-refractivity contribution >= 4 is 15.8 Å².